The minimum atomic E-state index is -0.918. The maximum Gasteiger partial charge on any atom is 0.313 e. The van der Waals surface area contributed by atoms with E-state index in [1.54, 1.807) is 19.0 Å². The number of carbonyl (C=O) groups is 2. The average Bonchev–Trinajstić information content (AvgIpc) is 2.60. The first-order valence-corrected chi connectivity index (χ1v) is 8.93. The van der Waals surface area contributed by atoms with Crippen LogP contribution in [0.3, 0.4) is 0 Å². The summed E-state index contributed by atoms with van der Waals surface area (Å²) in [5.74, 6) is -2.64. The molecule has 8 heteroatoms. The summed E-state index contributed by atoms with van der Waals surface area (Å²) < 4.78 is 32.6. The van der Waals surface area contributed by atoms with E-state index < -0.39 is 29.6 Å². The highest BCUT2D eigenvalue weighted by Gasteiger charge is 2.21. The summed E-state index contributed by atoms with van der Waals surface area (Å²) in [5, 5.41) is 9.89. The third-order valence-electron chi connectivity index (χ3n) is 4.06. The number of halogens is 2. The van der Waals surface area contributed by atoms with E-state index >= 15 is 0 Å². The lowest BCUT2D eigenvalue weighted by Gasteiger charge is -2.17. The van der Waals surface area contributed by atoms with Gasteiger partial charge in [0.15, 0.2) is 0 Å². The van der Waals surface area contributed by atoms with Crippen molar-refractivity contribution in [3.05, 3.63) is 53.6 Å². The van der Waals surface area contributed by atoms with E-state index in [9.17, 15) is 23.5 Å². The molecule has 2 rings (SSSR count). The number of hydrogen-bond donors (Lipinski definition) is 1. The molecular formula is C21H24F2N2O4. The van der Waals surface area contributed by atoms with Crippen LogP contribution in [0.1, 0.15) is 16.8 Å². The number of amides is 1. The van der Waals surface area contributed by atoms with Gasteiger partial charge in [0.2, 0.25) is 0 Å². The molecule has 2 aromatic rings. The number of likely N-dealkylation sites (N-methyl/N-ethyl adjacent to an activating group) is 1. The van der Waals surface area contributed by atoms with Crippen LogP contribution < -0.4 is 4.74 Å². The van der Waals surface area contributed by atoms with E-state index in [2.05, 4.69) is 0 Å². The molecule has 1 atom stereocenters. The molecule has 1 unspecified atom stereocenters. The Bertz CT molecular complexity index is 900. The van der Waals surface area contributed by atoms with Crippen LogP contribution in [-0.2, 0) is 4.79 Å². The minimum Gasteiger partial charge on any atom is -0.426 e. The lowest BCUT2D eigenvalue weighted by atomic mass is 10.0. The topological polar surface area (TPSA) is 70.1 Å². The number of aliphatic hydroxyl groups is 1. The SMILES string of the molecule is CN(C)CC(O)CC(=O)Oc1ccc(-c2ccc(F)cc2F)cc1C(=O)N(C)C. The summed E-state index contributed by atoms with van der Waals surface area (Å²) in [4.78, 5) is 27.7. The highest BCUT2D eigenvalue weighted by molar-refractivity contribution is 5.98. The smallest absolute Gasteiger partial charge is 0.313 e. The number of hydrogen-bond acceptors (Lipinski definition) is 5. The molecule has 6 nitrogen and oxygen atoms in total. The molecule has 0 aromatic heterocycles. The van der Waals surface area contributed by atoms with E-state index in [1.807, 2.05) is 0 Å². The van der Waals surface area contributed by atoms with Crippen molar-refractivity contribution in [3.63, 3.8) is 0 Å². The zero-order valence-corrected chi connectivity index (χ0v) is 16.8. The summed E-state index contributed by atoms with van der Waals surface area (Å²) in [6, 6.07) is 7.38. The monoisotopic (exact) mass is 406 g/mol. The van der Waals surface area contributed by atoms with Crippen molar-refractivity contribution < 1.29 is 28.2 Å². The van der Waals surface area contributed by atoms with Crippen LogP contribution in [0.2, 0.25) is 0 Å². The molecule has 2 aromatic carbocycles. The normalized spacial score (nSPS) is 12.0. The second kappa shape index (κ2) is 9.58. The van der Waals surface area contributed by atoms with E-state index in [1.165, 1.54) is 43.3 Å². The molecule has 0 radical (unpaired) electrons. The van der Waals surface area contributed by atoms with Crippen molar-refractivity contribution in [1.82, 2.24) is 9.80 Å². The lowest BCUT2D eigenvalue weighted by molar-refractivity contribution is -0.136. The van der Waals surface area contributed by atoms with Gasteiger partial charge in [-0.15, -0.1) is 0 Å². The fourth-order valence-corrected chi connectivity index (χ4v) is 2.76. The predicted molar refractivity (Wildman–Crippen MR) is 105 cm³/mol. The number of benzene rings is 2. The Hall–Kier alpha value is -2.84. The molecule has 0 saturated carbocycles. The molecule has 0 fully saturated rings. The van der Waals surface area contributed by atoms with Gasteiger partial charge in [-0.2, -0.15) is 0 Å². The summed E-state index contributed by atoms with van der Waals surface area (Å²) in [6.07, 6.45) is -1.17. The number of rotatable bonds is 7. The fourth-order valence-electron chi connectivity index (χ4n) is 2.76. The molecule has 29 heavy (non-hydrogen) atoms. The van der Waals surface area contributed by atoms with Gasteiger partial charge in [0.25, 0.3) is 5.91 Å². The van der Waals surface area contributed by atoms with Crippen LogP contribution in [0, 0.1) is 11.6 Å². The van der Waals surface area contributed by atoms with Gasteiger partial charge in [0, 0.05) is 32.3 Å². The van der Waals surface area contributed by atoms with Gasteiger partial charge in [-0.05, 0) is 43.9 Å². The second-order valence-corrected chi connectivity index (χ2v) is 7.13. The molecule has 156 valence electrons. The van der Waals surface area contributed by atoms with Crippen LogP contribution >= 0.6 is 0 Å². The van der Waals surface area contributed by atoms with Crippen molar-refractivity contribution in [3.8, 4) is 16.9 Å². The molecule has 0 aliphatic heterocycles. The van der Waals surface area contributed by atoms with Gasteiger partial charge in [-0.3, -0.25) is 9.59 Å². The van der Waals surface area contributed by atoms with Gasteiger partial charge in [-0.25, -0.2) is 8.78 Å². The van der Waals surface area contributed by atoms with Gasteiger partial charge in [-0.1, -0.05) is 6.07 Å². The van der Waals surface area contributed by atoms with Crippen molar-refractivity contribution in [1.29, 1.82) is 0 Å². The van der Waals surface area contributed by atoms with Crippen molar-refractivity contribution >= 4 is 11.9 Å². The maximum atomic E-state index is 14.1. The third kappa shape index (κ3) is 6.07. The van der Waals surface area contributed by atoms with Crippen molar-refractivity contribution in [2.45, 2.75) is 12.5 Å². The Morgan fingerprint density at radius 3 is 2.34 bits per heavy atom. The van der Waals surface area contributed by atoms with Gasteiger partial charge in [0.1, 0.15) is 17.4 Å². The van der Waals surface area contributed by atoms with E-state index in [-0.39, 0.29) is 29.8 Å². The Kier molecular flexibility index (Phi) is 7.41. The van der Waals surface area contributed by atoms with E-state index in [0.717, 1.165) is 12.1 Å². The number of aliphatic hydroxyl groups excluding tert-OH is 1. The highest BCUT2D eigenvalue weighted by atomic mass is 19.1. The van der Waals surface area contributed by atoms with Crippen molar-refractivity contribution in [2.75, 3.05) is 34.7 Å². The first-order chi connectivity index (χ1) is 13.6. The molecule has 0 spiro atoms. The number of carbonyl (C=O) groups excluding carboxylic acids is 2. The summed E-state index contributed by atoms with van der Waals surface area (Å²) in [6.45, 7) is 0.279. The summed E-state index contributed by atoms with van der Waals surface area (Å²) in [7, 11) is 6.57. The van der Waals surface area contributed by atoms with Crippen LogP contribution in [0.25, 0.3) is 11.1 Å². The van der Waals surface area contributed by atoms with Crippen LogP contribution in [0.5, 0.6) is 5.75 Å². The highest BCUT2D eigenvalue weighted by Crippen LogP contribution is 2.30. The molecule has 0 bridgehead atoms. The number of nitrogens with zero attached hydrogens (tertiary/aromatic N) is 2. The van der Waals surface area contributed by atoms with Crippen LogP contribution in [-0.4, -0.2) is 67.6 Å². The van der Waals surface area contributed by atoms with E-state index in [0.29, 0.717) is 5.56 Å². The molecule has 0 aliphatic carbocycles. The Labute approximate surface area is 168 Å². The lowest BCUT2D eigenvalue weighted by Crippen LogP contribution is -2.29. The predicted octanol–water partition coefficient (Wildman–Crippen LogP) is 2.55. The summed E-state index contributed by atoms with van der Waals surface area (Å²) >= 11 is 0. The summed E-state index contributed by atoms with van der Waals surface area (Å²) in [5.41, 5.74) is 0.491. The Balaban J connectivity index is 2.35. The molecular weight excluding hydrogens is 382 g/mol. The number of esters is 1. The Morgan fingerprint density at radius 1 is 1.07 bits per heavy atom. The van der Waals surface area contributed by atoms with Crippen molar-refractivity contribution in [2.24, 2.45) is 0 Å². The Morgan fingerprint density at radius 2 is 1.76 bits per heavy atom. The van der Waals surface area contributed by atoms with Gasteiger partial charge < -0.3 is 19.6 Å². The molecule has 0 heterocycles. The van der Waals surface area contributed by atoms with Gasteiger partial charge >= 0.3 is 5.97 Å². The average molecular weight is 406 g/mol. The minimum absolute atomic E-state index is 0.00276. The second-order valence-electron chi connectivity index (χ2n) is 7.13. The number of ether oxygens (including phenoxy) is 1. The standard InChI is InChI=1S/C21H24F2N2O4/c1-24(2)12-15(26)11-20(27)29-19-8-5-13(9-17(19)21(28)25(3)4)16-7-6-14(22)10-18(16)23/h5-10,15,26H,11-12H2,1-4H3. The quantitative estimate of drug-likeness (QED) is 0.565. The largest absolute Gasteiger partial charge is 0.426 e. The molecule has 0 saturated heterocycles. The molecule has 1 amide bonds. The first-order valence-electron chi connectivity index (χ1n) is 8.93. The van der Waals surface area contributed by atoms with Crippen LogP contribution in [0.15, 0.2) is 36.4 Å². The van der Waals surface area contributed by atoms with Gasteiger partial charge in [0.05, 0.1) is 18.1 Å². The first kappa shape index (κ1) is 22.4. The zero-order chi connectivity index (χ0) is 21.7. The van der Waals surface area contributed by atoms with Crippen LogP contribution in [0.4, 0.5) is 8.78 Å². The third-order valence-corrected chi connectivity index (χ3v) is 4.06. The zero-order valence-electron chi connectivity index (χ0n) is 16.8. The molecule has 0 aliphatic rings. The molecule has 1 N–H and O–H groups in total. The van der Waals surface area contributed by atoms with E-state index in [4.69, 9.17) is 4.74 Å². The maximum absolute atomic E-state index is 14.1. The fraction of sp³-hybridized carbons (Fsp3) is 0.333.